The van der Waals surface area contributed by atoms with E-state index in [0.29, 0.717) is 13.1 Å². The summed E-state index contributed by atoms with van der Waals surface area (Å²) in [6, 6.07) is -0.222. The molecule has 0 fully saturated rings. The number of nitrogens with zero attached hydrogens (tertiary/aromatic N) is 2. The Morgan fingerprint density at radius 3 is 2.67 bits per heavy atom. The van der Waals surface area contributed by atoms with Crippen molar-refractivity contribution in [3.63, 3.8) is 0 Å². The molecule has 0 unspecified atom stereocenters. The van der Waals surface area contributed by atoms with E-state index in [2.05, 4.69) is 15.5 Å². The summed E-state index contributed by atoms with van der Waals surface area (Å²) in [6.07, 6.45) is -4.30. The van der Waals surface area contributed by atoms with Gasteiger partial charge in [-0.25, -0.2) is 0 Å². The third kappa shape index (κ3) is 4.63. The van der Waals surface area contributed by atoms with Gasteiger partial charge in [0.25, 0.3) is 0 Å². The van der Waals surface area contributed by atoms with Gasteiger partial charge in [-0.15, -0.1) is 5.10 Å². The third-order valence-electron chi connectivity index (χ3n) is 1.43. The SMILES string of the molecule is CCNCc1nnc(NCC(F)(F)F)o1. The van der Waals surface area contributed by atoms with Crippen molar-refractivity contribution < 1.29 is 17.6 Å². The van der Waals surface area contributed by atoms with Gasteiger partial charge in [0, 0.05) is 0 Å². The lowest BCUT2D eigenvalue weighted by Gasteiger charge is -2.04. The van der Waals surface area contributed by atoms with Gasteiger partial charge in [-0.1, -0.05) is 12.0 Å². The van der Waals surface area contributed by atoms with Crippen molar-refractivity contribution in [2.45, 2.75) is 19.6 Å². The molecule has 0 aromatic carbocycles. The Kier molecular flexibility index (Phi) is 3.89. The van der Waals surface area contributed by atoms with E-state index in [0.717, 1.165) is 0 Å². The lowest BCUT2D eigenvalue weighted by atomic mass is 10.6. The van der Waals surface area contributed by atoms with Crippen LogP contribution in [0.1, 0.15) is 12.8 Å². The number of nitrogens with one attached hydrogen (secondary N) is 2. The lowest BCUT2D eigenvalue weighted by molar-refractivity contribution is -0.115. The minimum absolute atomic E-state index is 0.222. The minimum Gasteiger partial charge on any atom is -0.407 e. The molecule has 8 heteroatoms. The van der Waals surface area contributed by atoms with E-state index < -0.39 is 12.7 Å². The first-order valence-electron chi connectivity index (χ1n) is 4.35. The molecule has 1 aromatic heterocycles. The maximum atomic E-state index is 11.8. The number of rotatable bonds is 5. The quantitative estimate of drug-likeness (QED) is 0.785. The number of hydrogen-bond donors (Lipinski definition) is 2. The van der Waals surface area contributed by atoms with Crippen LogP contribution in [0.4, 0.5) is 19.2 Å². The zero-order valence-corrected chi connectivity index (χ0v) is 8.06. The molecule has 0 bridgehead atoms. The summed E-state index contributed by atoms with van der Waals surface area (Å²) in [5.41, 5.74) is 0. The summed E-state index contributed by atoms with van der Waals surface area (Å²) in [5, 5.41) is 11.8. The average Bonchev–Trinajstić information content (AvgIpc) is 2.58. The molecule has 0 saturated carbocycles. The number of alkyl halides is 3. The number of anilines is 1. The first-order chi connectivity index (χ1) is 7.01. The predicted octanol–water partition coefficient (Wildman–Crippen LogP) is 1.15. The molecule has 5 nitrogen and oxygen atoms in total. The van der Waals surface area contributed by atoms with E-state index in [1.54, 1.807) is 0 Å². The lowest BCUT2D eigenvalue weighted by Crippen LogP contribution is -2.21. The Balaban J connectivity index is 2.39. The second kappa shape index (κ2) is 4.96. The molecule has 2 N–H and O–H groups in total. The summed E-state index contributed by atoms with van der Waals surface area (Å²) in [7, 11) is 0. The van der Waals surface area contributed by atoms with Gasteiger partial charge in [-0.3, -0.25) is 0 Å². The first kappa shape index (κ1) is 11.8. The van der Waals surface area contributed by atoms with Crippen LogP contribution in [0.3, 0.4) is 0 Å². The van der Waals surface area contributed by atoms with Gasteiger partial charge in [-0.2, -0.15) is 13.2 Å². The van der Waals surface area contributed by atoms with Crippen LogP contribution in [-0.2, 0) is 6.54 Å². The van der Waals surface area contributed by atoms with E-state index in [9.17, 15) is 13.2 Å². The molecular weight excluding hydrogens is 213 g/mol. The Hall–Kier alpha value is -1.31. The molecular formula is C7H11F3N4O. The molecule has 86 valence electrons. The number of aromatic nitrogens is 2. The molecule has 15 heavy (non-hydrogen) atoms. The highest BCUT2D eigenvalue weighted by molar-refractivity contribution is 5.17. The molecule has 0 saturated heterocycles. The Labute approximate surface area is 84.1 Å². The van der Waals surface area contributed by atoms with Crippen molar-refractivity contribution in [3.05, 3.63) is 5.89 Å². The fourth-order valence-corrected chi connectivity index (χ4v) is 0.804. The maximum Gasteiger partial charge on any atom is 0.405 e. The summed E-state index contributed by atoms with van der Waals surface area (Å²) < 4.78 is 40.2. The zero-order valence-electron chi connectivity index (χ0n) is 8.06. The summed E-state index contributed by atoms with van der Waals surface area (Å²) >= 11 is 0. The monoisotopic (exact) mass is 224 g/mol. The molecule has 1 rings (SSSR count). The highest BCUT2D eigenvalue weighted by Gasteiger charge is 2.27. The normalized spacial score (nSPS) is 11.7. The fourth-order valence-electron chi connectivity index (χ4n) is 0.804. The molecule has 0 atom stereocenters. The van der Waals surface area contributed by atoms with Gasteiger partial charge >= 0.3 is 12.2 Å². The van der Waals surface area contributed by atoms with E-state index in [1.165, 1.54) is 0 Å². The van der Waals surface area contributed by atoms with Crippen molar-refractivity contribution in [1.29, 1.82) is 0 Å². The first-order valence-corrected chi connectivity index (χ1v) is 4.35. The van der Waals surface area contributed by atoms with Gasteiger partial charge in [0.1, 0.15) is 6.54 Å². The van der Waals surface area contributed by atoms with Crippen LogP contribution in [0.15, 0.2) is 4.42 Å². The second-order valence-corrected chi connectivity index (χ2v) is 2.75. The predicted molar refractivity (Wildman–Crippen MR) is 46.2 cm³/mol. The van der Waals surface area contributed by atoms with E-state index in [1.807, 2.05) is 12.2 Å². The van der Waals surface area contributed by atoms with Gasteiger partial charge in [0.2, 0.25) is 5.89 Å². The summed E-state index contributed by atoms with van der Waals surface area (Å²) in [6.45, 7) is 1.76. The van der Waals surface area contributed by atoms with Gasteiger partial charge in [0.05, 0.1) is 6.54 Å². The molecule has 1 heterocycles. The van der Waals surface area contributed by atoms with Crippen LogP contribution in [0, 0.1) is 0 Å². The van der Waals surface area contributed by atoms with Crippen molar-refractivity contribution in [2.75, 3.05) is 18.4 Å². The Morgan fingerprint density at radius 2 is 2.07 bits per heavy atom. The van der Waals surface area contributed by atoms with Crippen LogP contribution < -0.4 is 10.6 Å². The Morgan fingerprint density at radius 1 is 1.33 bits per heavy atom. The van der Waals surface area contributed by atoms with Crippen molar-refractivity contribution in [2.24, 2.45) is 0 Å². The number of hydrogen-bond acceptors (Lipinski definition) is 5. The molecule has 0 radical (unpaired) electrons. The van der Waals surface area contributed by atoms with Crippen molar-refractivity contribution >= 4 is 6.01 Å². The number of halogens is 3. The van der Waals surface area contributed by atoms with Gasteiger partial charge in [0.15, 0.2) is 0 Å². The highest BCUT2D eigenvalue weighted by atomic mass is 19.4. The highest BCUT2D eigenvalue weighted by Crippen LogP contribution is 2.15. The van der Waals surface area contributed by atoms with Gasteiger partial charge < -0.3 is 15.1 Å². The molecule has 1 aromatic rings. The topological polar surface area (TPSA) is 63.0 Å². The van der Waals surface area contributed by atoms with Crippen LogP contribution in [0.2, 0.25) is 0 Å². The second-order valence-electron chi connectivity index (χ2n) is 2.75. The average molecular weight is 224 g/mol. The molecule has 0 aliphatic carbocycles. The van der Waals surface area contributed by atoms with Crippen molar-refractivity contribution in [3.8, 4) is 0 Å². The molecule has 0 aliphatic rings. The zero-order chi connectivity index (χ0) is 11.3. The van der Waals surface area contributed by atoms with Crippen LogP contribution in [-0.4, -0.2) is 29.5 Å². The molecule has 0 spiro atoms. The smallest absolute Gasteiger partial charge is 0.405 e. The maximum absolute atomic E-state index is 11.8. The van der Waals surface area contributed by atoms with Crippen LogP contribution in [0.5, 0.6) is 0 Å². The minimum atomic E-state index is -4.30. The van der Waals surface area contributed by atoms with Crippen molar-refractivity contribution in [1.82, 2.24) is 15.5 Å². The standard InChI is InChI=1S/C7H11F3N4O/c1-2-11-3-5-13-14-6(15-5)12-4-7(8,9)10/h11H,2-4H2,1H3,(H,12,14). The fraction of sp³-hybridized carbons (Fsp3) is 0.714. The Bertz CT molecular complexity index is 299. The van der Waals surface area contributed by atoms with E-state index in [-0.39, 0.29) is 11.9 Å². The molecule has 0 amide bonds. The third-order valence-corrected chi connectivity index (χ3v) is 1.43. The van der Waals surface area contributed by atoms with E-state index in [4.69, 9.17) is 4.42 Å². The molecule has 0 aliphatic heterocycles. The summed E-state index contributed by atoms with van der Waals surface area (Å²) in [4.78, 5) is 0. The van der Waals surface area contributed by atoms with E-state index >= 15 is 0 Å². The van der Waals surface area contributed by atoms with Crippen LogP contribution >= 0.6 is 0 Å². The van der Waals surface area contributed by atoms with Crippen LogP contribution in [0.25, 0.3) is 0 Å². The summed E-state index contributed by atoms with van der Waals surface area (Å²) in [5.74, 6) is 0.251. The largest absolute Gasteiger partial charge is 0.407 e. The van der Waals surface area contributed by atoms with Gasteiger partial charge in [-0.05, 0) is 6.54 Å².